The van der Waals surface area contributed by atoms with Crippen LogP contribution in [-0.4, -0.2) is 40.8 Å². The van der Waals surface area contributed by atoms with Gasteiger partial charge in [0, 0.05) is 6.42 Å². The molecule has 0 spiro atoms. The van der Waals surface area contributed by atoms with E-state index in [1.807, 2.05) is 0 Å². The highest BCUT2D eigenvalue weighted by Gasteiger charge is 2.55. The minimum atomic E-state index is -2.02. The van der Waals surface area contributed by atoms with Gasteiger partial charge in [0.15, 0.2) is 5.78 Å². The molecule has 2 fully saturated rings. The zero-order chi connectivity index (χ0) is 11.9. The molecule has 0 amide bonds. The monoisotopic (exact) mass is 232 g/mol. The van der Waals surface area contributed by atoms with Gasteiger partial charge in [-0.2, -0.15) is 0 Å². The van der Waals surface area contributed by atoms with E-state index in [9.17, 15) is 25.0 Å². The van der Waals surface area contributed by atoms with Crippen LogP contribution in [0.2, 0.25) is 0 Å². The summed E-state index contributed by atoms with van der Waals surface area (Å²) < 4.78 is 9.93. The third-order valence-electron chi connectivity index (χ3n) is 2.70. The second kappa shape index (κ2) is 3.76. The lowest BCUT2D eigenvalue weighted by molar-refractivity contribution is -0.753. The van der Waals surface area contributed by atoms with Crippen molar-refractivity contribution in [1.29, 1.82) is 0 Å². The molecule has 16 heavy (non-hydrogen) atoms. The van der Waals surface area contributed by atoms with E-state index in [1.165, 1.54) is 0 Å². The van der Waals surface area contributed by atoms with Gasteiger partial charge in [-0.15, -0.1) is 0 Å². The summed E-state index contributed by atoms with van der Waals surface area (Å²) in [6, 6.07) is 0. The zero-order valence-corrected chi connectivity index (χ0v) is 7.98. The van der Waals surface area contributed by atoms with Crippen LogP contribution < -0.4 is 0 Å². The van der Waals surface area contributed by atoms with Gasteiger partial charge in [-0.3, -0.25) is 25.0 Å². The van der Waals surface area contributed by atoms with Gasteiger partial charge in [-0.1, -0.05) is 0 Å². The maximum absolute atomic E-state index is 11.3. The van der Waals surface area contributed by atoms with Crippen molar-refractivity contribution >= 4 is 5.78 Å². The fraction of sp³-hybridized carbons (Fsp3) is 0.857. The van der Waals surface area contributed by atoms with Crippen molar-refractivity contribution in [3.63, 3.8) is 0 Å². The van der Waals surface area contributed by atoms with E-state index in [1.54, 1.807) is 0 Å². The average Bonchev–Trinajstić information content (AvgIpc) is 2.58. The number of nitro groups is 2. The zero-order valence-electron chi connectivity index (χ0n) is 7.98. The molecule has 2 aliphatic heterocycles. The summed E-state index contributed by atoms with van der Waals surface area (Å²) in [6.45, 7) is -0.0146. The van der Waals surface area contributed by atoms with Gasteiger partial charge in [0.25, 0.3) is 0 Å². The molecule has 0 aromatic rings. The van der Waals surface area contributed by atoms with Crippen molar-refractivity contribution < 1.29 is 24.1 Å². The van der Waals surface area contributed by atoms with Crippen LogP contribution in [0.1, 0.15) is 6.42 Å². The van der Waals surface area contributed by atoms with Crippen LogP contribution in [0.5, 0.6) is 0 Å². The topological polar surface area (TPSA) is 122 Å². The number of carbonyl (C=O) groups is 1. The summed E-state index contributed by atoms with van der Waals surface area (Å²) in [7, 11) is 0. The molecule has 2 rings (SSSR count). The molecule has 0 aliphatic carbocycles. The van der Waals surface area contributed by atoms with E-state index in [0.29, 0.717) is 0 Å². The second-order valence-electron chi connectivity index (χ2n) is 3.66. The number of carbonyl (C=O) groups excluding carboxylic acids is 1. The van der Waals surface area contributed by atoms with Crippen molar-refractivity contribution in [2.75, 3.05) is 6.61 Å². The summed E-state index contributed by atoms with van der Waals surface area (Å²) >= 11 is 0. The highest BCUT2D eigenvalue weighted by atomic mass is 16.7. The standard InChI is InChI=1S/C7H8N2O7/c10-4-1-3(5-2-15-7(4)16-5)6(8(11)12)9(13)14/h3,5-7H,1-2H2/t3-,5+,7+/m0/s1. The van der Waals surface area contributed by atoms with Gasteiger partial charge >= 0.3 is 6.17 Å². The number of ketones is 1. The number of hydrogen-bond acceptors (Lipinski definition) is 7. The molecule has 9 heteroatoms. The first-order valence-electron chi connectivity index (χ1n) is 4.57. The van der Waals surface area contributed by atoms with E-state index < -0.39 is 40.1 Å². The van der Waals surface area contributed by atoms with Crippen molar-refractivity contribution in [2.45, 2.75) is 25.0 Å². The first-order chi connectivity index (χ1) is 7.50. The predicted octanol–water partition coefficient (Wildman–Crippen LogP) is -0.804. The minimum absolute atomic E-state index is 0.0146. The number of hydrogen-bond donors (Lipinski definition) is 0. The highest BCUT2D eigenvalue weighted by Crippen LogP contribution is 2.32. The molecule has 0 saturated carbocycles. The van der Waals surface area contributed by atoms with Gasteiger partial charge < -0.3 is 9.47 Å². The molecule has 0 N–H and O–H groups in total. The van der Waals surface area contributed by atoms with Crippen molar-refractivity contribution in [3.8, 4) is 0 Å². The minimum Gasteiger partial charge on any atom is -0.343 e. The number of rotatable bonds is 3. The van der Waals surface area contributed by atoms with E-state index in [0.717, 1.165) is 0 Å². The molecule has 2 aliphatic rings. The Kier molecular flexibility index (Phi) is 2.56. The average molecular weight is 232 g/mol. The number of fused-ring (bicyclic) bond motifs is 2. The second-order valence-corrected chi connectivity index (χ2v) is 3.66. The van der Waals surface area contributed by atoms with E-state index in [4.69, 9.17) is 9.47 Å². The maximum Gasteiger partial charge on any atom is 0.456 e. The quantitative estimate of drug-likeness (QED) is 0.354. The normalized spacial score (nSPS) is 33.1. The van der Waals surface area contributed by atoms with Gasteiger partial charge in [-0.05, 0) is 0 Å². The lowest BCUT2D eigenvalue weighted by atomic mass is 9.92. The van der Waals surface area contributed by atoms with Gasteiger partial charge in [-0.25, -0.2) is 0 Å². The molecule has 0 aromatic carbocycles. The molecule has 3 atom stereocenters. The van der Waals surface area contributed by atoms with Crippen LogP contribution in [0.3, 0.4) is 0 Å². The van der Waals surface area contributed by atoms with Crippen LogP contribution in [0.4, 0.5) is 0 Å². The Balaban J connectivity index is 2.22. The Morgan fingerprint density at radius 1 is 1.31 bits per heavy atom. The molecular weight excluding hydrogens is 224 g/mol. The summed E-state index contributed by atoms with van der Waals surface area (Å²) in [5.74, 6) is -1.54. The van der Waals surface area contributed by atoms with E-state index in [-0.39, 0.29) is 13.0 Å². The lowest BCUT2D eigenvalue weighted by Crippen LogP contribution is -2.47. The van der Waals surface area contributed by atoms with Crippen LogP contribution in [0.15, 0.2) is 0 Å². The summed E-state index contributed by atoms with van der Waals surface area (Å²) in [5.41, 5.74) is 0. The maximum atomic E-state index is 11.3. The molecule has 2 heterocycles. The van der Waals surface area contributed by atoms with E-state index >= 15 is 0 Å². The Morgan fingerprint density at radius 3 is 2.50 bits per heavy atom. The van der Waals surface area contributed by atoms with Gasteiger partial charge in [0.2, 0.25) is 6.29 Å². The van der Waals surface area contributed by atoms with Crippen molar-refractivity contribution in [1.82, 2.24) is 0 Å². The Hall–Kier alpha value is -1.61. The summed E-state index contributed by atoms with van der Waals surface area (Å²) in [5, 5.41) is 21.2. The first kappa shape index (κ1) is 10.9. The largest absolute Gasteiger partial charge is 0.456 e. The molecule has 2 bridgehead atoms. The Bertz CT molecular complexity index is 343. The van der Waals surface area contributed by atoms with Crippen molar-refractivity contribution in [3.05, 3.63) is 20.2 Å². The Morgan fingerprint density at radius 2 is 1.94 bits per heavy atom. The van der Waals surface area contributed by atoms with Crippen molar-refractivity contribution in [2.24, 2.45) is 5.92 Å². The SMILES string of the molecule is O=C1C[C@H](C([N+](=O)[O-])[N+](=O)[O-])[C@H]2CO[C@@H]1O2. The molecule has 0 aromatic heterocycles. The summed E-state index contributed by atoms with van der Waals surface area (Å²) in [4.78, 5) is 30.5. The third kappa shape index (κ3) is 1.63. The number of ether oxygens (including phenoxy) is 2. The first-order valence-corrected chi connectivity index (χ1v) is 4.57. The fourth-order valence-electron chi connectivity index (χ4n) is 1.96. The fourth-order valence-corrected chi connectivity index (χ4v) is 1.96. The van der Waals surface area contributed by atoms with E-state index in [2.05, 4.69) is 0 Å². The number of nitrogens with zero attached hydrogens (tertiary/aromatic N) is 2. The molecule has 0 unspecified atom stereocenters. The smallest absolute Gasteiger partial charge is 0.343 e. The lowest BCUT2D eigenvalue weighted by Gasteiger charge is -2.23. The molecule has 2 saturated heterocycles. The third-order valence-corrected chi connectivity index (χ3v) is 2.70. The Labute approximate surface area is 88.6 Å². The molecule has 9 nitrogen and oxygen atoms in total. The van der Waals surface area contributed by atoms with Crippen LogP contribution in [0, 0.1) is 26.1 Å². The predicted molar refractivity (Wildman–Crippen MR) is 45.5 cm³/mol. The molecule has 88 valence electrons. The van der Waals surface area contributed by atoms with Crippen LogP contribution in [0.25, 0.3) is 0 Å². The van der Waals surface area contributed by atoms with Crippen LogP contribution in [-0.2, 0) is 14.3 Å². The molecular formula is C7H8N2O7. The number of Topliss-reactive ketones (excluding diaryl/α,β-unsaturated/α-hetero) is 1. The summed E-state index contributed by atoms with van der Waals surface area (Å²) in [6.07, 6.45) is -4.01. The highest BCUT2D eigenvalue weighted by molar-refractivity contribution is 5.83. The molecule has 0 radical (unpaired) electrons. The van der Waals surface area contributed by atoms with Gasteiger partial charge in [0.05, 0.1) is 16.5 Å². The van der Waals surface area contributed by atoms with Crippen LogP contribution >= 0.6 is 0 Å². The van der Waals surface area contributed by atoms with Gasteiger partial charge in [0.1, 0.15) is 12.0 Å².